The van der Waals surface area contributed by atoms with E-state index in [9.17, 15) is 0 Å². The SMILES string of the molecule is COCCNCc1ccc(Cl)cc1.Cl. The molecule has 0 spiro atoms. The summed E-state index contributed by atoms with van der Waals surface area (Å²) in [4.78, 5) is 0. The van der Waals surface area contributed by atoms with Crippen LogP contribution in [0.1, 0.15) is 5.56 Å². The van der Waals surface area contributed by atoms with Gasteiger partial charge in [-0.25, -0.2) is 0 Å². The molecule has 0 saturated heterocycles. The molecule has 0 radical (unpaired) electrons. The first kappa shape index (κ1) is 13.7. The summed E-state index contributed by atoms with van der Waals surface area (Å²) in [7, 11) is 1.70. The average Bonchev–Trinajstić information content (AvgIpc) is 2.15. The van der Waals surface area contributed by atoms with Crippen LogP contribution < -0.4 is 5.32 Å². The molecule has 0 bridgehead atoms. The molecule has 0 aliphatic heterocycles. The van der Waals surface area contributed by atoms with Crippen molar-refractivity contribution in [1.82, 2.24) is 5.32 Å². The van der Waals surface area contributed by atoms with Crippen molar-refractivity contribution in [2.24, 2.45) is 0 Å². The lowest BCUT2D eigenvalue weighted by atomic mass is 10.2. The van der Waals surface area contributed by atoms with Gasteiger partial charge in [-0.2, -0.15) is 0 Å². The third-order valence-corrected chi connectivity index (χ3v) is 1.98. The van der Waals surface area contributed by atoms with Crippen molar-refractivity contribution in [3.63, 3.8) is 0 Å². The van der Waals surface area contributed by atoms with Gasteiger partial charge in [0.15, 0.2) is 0 Å². The fourth-order valence-corrected chi connectivity index (χ4v) is 1.14. The van der Waals surface area contributed by atoms with Crippen LogP contribution in [-0.4, -0.2) is 20.3 Å². The Morgan fingerprint density at radius 2 is 1.93 bits per heavy atom. The predicted octanol–water partition coefficient (Wildman–Crippen LogP) is 2.50. The van der Waals surface area contributed by atoms with Crippen molar-refractivity contribution in [1.29, 1.82) is 0 Å². The van der Waals surface area contributed by atoms with Gasteiger partial charge in [-0.15, -0.1) is 12.4 Å². The van der Waals surface area contributed by atoms with E-state index in [0.29, 0.717) is 0 Å². The summed E-state index contributed by atoms with van der Waals surface area (Å²) in [5.41, 5.74) is 1.24. The smallest absolute Gasteiger partial charge is 0.0587 e. The molecular formula is C10H15Cl2NO. The van der Waals surface area contributed by atoms with E-state index in [1.807, 2.05) is 24.3 Å². The van der Waals surface area contributed by atoms with E-state index in [-0.39, 0.29) is 12.4 Å². The normalized spacial score (nSPS) is 9.57. The van der Waals surface area contributed by atoms with Gasteiger partial charge in [-0.05, 0) is 17.7 Å². The van der Waals surface area contributed by atoms with E-state index >= 15 is 0 Å². The molecular weight excluding hydrogens is 221 g/mol. The maximum atomic E-state index is 5.76. The van der Waals surface area contributed by atoms with Crippen molar-refractivity contribution < 1.29 is 4.74 Å². The molecule has 0 aromatic heterocycles. The second kappa shape index (κ2) is 8.06. The molecule has 1 aromatic carbocycles. The number of rotatable bonds is 5. The highest BCUT2D eigenvalue weighted by molar-refractivity contribution is 6.30. The third kappa shape index (κ3) is 5.45. The van der Waals surface area contributed by atoms with Gasteiger partial charge in [0, 0.05) is 25.2 Å². The molecule has 1 rings (SSSR count). The molecule has 0 atom stereocenters. The summed E-state index contributed by atoms with van der Waals surface area (Å²) in [5, 5.41) is 4.03. The summed E-state index contributed by atoms with van der Waals surface area (Å²) in [6.07, 6.45) is 0. The largest absolute Gasteiger partial charge is 0.383 e. The minimum Gasteiger partial charge on any atom is -0.383 e. The second-order valence-corrected chi connectivity index (χ2v) is 3.23. The lowest BCUT2D eigenvalue weighted by Crippen LogP contribution is -2.18. The second-order valence-electron chi connectivity index (χ2n) is 2.80. The fraction of sp³-hybridized carbons (Fsp3) is 0.400. The summed E-state index contributed by atoms with van der Waals surface area (Å²) < 4.78 is 4.92. The lowest BCUT2D eigenvalue weighted by molar-refractivity contribution is 0.199. The van der Waals surface area contributed by atoms with E-state index in [4.69, 9.17) is 16.3 Å². The summed E-state index contributed by atoms with van der Waals surface area (Å²) in [6, 6.07) is 7.83. The van der Waals surface area contributed by atoms with E-state index in [1.165, 1.54) is 5.56 Å². The Hall–Kier alpha value is -0.280. The van der Waals surface area contributed by atoms with Crippen LogP contribution in [0.3, 0.4) is 0 Å². The number of benzene rings is 1. The van der Waals surface area contributed by atoms with Crippen LogP contribution in [0.25, 0.3) is 0 Å². The van der Waals surface area contributed by atoms with E-state index in [2.05, 4.69) is 5.32 Å². The van der Waals surface area contributed by atoms with Gasteiger partial charge >= 0.3 is 0 Å². The minimum atomic E-state index is 0. The van der Waals surface area contributed by atoms with Crippen LogP contribution in [0.2, 0.25) is 5.02 Å². The van der Waals surface area contributed by atoms with Gasteiger partial charge in [0.1, 0.15) is 0 Å². The van der Waals surface area contributed by atoms with E-state index < -0.39 is 0 Å². The van der Waals surface area contributed by atoms with Crippen LogP contribution in [0, 0.1) is 0 Å². The molecule has 0 unspecified atom stereocenters. The Morgan fingerprint density at radius 3 is 2.50 bits per heavy atom. The molecule has 0 saturated carbocycles. The van der Waals surface area contributed by atoms with Crippen molar-refractivity contribution >= 4 is 24.0 Å². The highest BCUT2D eigenvalue weighted by atomic mass is 35.5. The molecule has 0 aliphatic rings. The lowest BCUT2D eigenvalue weighted by Gasteiger charge is -2.03. The van der Waals surface area contributed by atoms with E-state index in [0.717, 1.165) is 24.7 Å². The Morgan fingerprint density at radius 1 is 1.29 bits per heavy atom. The summed E-state index contributed by atoms with van der Waals surface area (Å²) >= 11 is 5.76. The standard InChI is InChI=1S/C10H14ClNO.ClH/c1-13-7-6-12-8-9-2-4-10(11)5-3-9;/h2-5,12H,6-8H2,1H3;1H. The number of nitrogens with one attached hydrogen (secondary N) is 1. The van der Waals surface area contributed by atoms with Gasteiger partial charge in [0.25, 0.3) is 0 Å². The van der Waals surface area contributed by atoms with Gasteiger partial charge in [-0.3, -0.25) is 0 Å². The zero-order valence-corrected chi connectivity index (χ0v) is 9.70. The molecule has 2 nitrogen and oxygen atoms in total. The first-order chi connectivity index (χ1) is 6.33. The highest BCUT2D eigenvalue weighted by Gasteiger charge is 1.91. The minimum absolute atomic E-state index is 0. The molecule has 1 aromatic rings. The predicted molar refractivity (Wildman–Crippen MR) is 62.3 cm³/mol. The topological polar surface area (TPSA) is 21.3 Å². The van der Waals surface area contributed by atoms with Crippen LogP contribution in [0.15, 0.2) is 24.3 Å². The zero-order valence-electron chi connectivity index (χ0n) is 8.13. The number of ether oxygens (including phenoxy) is 1. The van der Waals surface area contributed by atoms with Gasteiger partial charge in [0.05, 0.1) is 6.61 Å². The Balaban J connectivity index is 0.00000169. The van der Waals surface area contributed by atoms with Crippen molar-refractivity contribution in [2.45, 2.75) is 6.54 Å². The Kier molecular flexibility index (Phi) is 7.90. The van der Waals surface area contributed by atoms with Crippen LogP contribution in [0.4, 0.5) is 0 Å². The number of halogens is 2. The van der Waals surface area contributed by atoms with Crippen LogP contribution in [-0.2, 0) is 11.3 Å². The molecule has 14 heavy (non-hydrogen) atoms. The molecule has 0 heterocycles. The van der Waals surface area contributed by atoms with Crippen LogP contribution in [0.5, 0.6) is 0 Å². The number of methoxy groups -OCH3 is 1. The first-order valence-electron chi connectivity index (χ1n) is 4.27. The molecule has 0 fully saturated rings. The maximum Gasteiger partial charge on any atom is 0.0587 e. The van der Waals surface area contributed by atoms with Crippen molar-refractivity contribution in [3.05, 3.63) is 34.9 Å². The summed E-state index contributed by atoms with van der Waals surface area (Å²) in [6.45, 7) is 2.48. The Labute approximate surface area is 96.0 Å². The average molecular weight is 236 g/mol. The van der Waals surface area contributed by atoms with Crippen LogP contribution >= 0.6 is 24.0 Å². The fourth-order valence-electron chi connectivity index (χ4n) is 1.01. The van der Waals surface area contributed by atoms with Crippen molar-refractivity contribution in [3.8, 4) is 0 Å². The van der Waals surface area contributed by atoms with Gasteiger partial charge in [-0.1, -0.05) is 23.7 Å². The van der Waals surface area contributed by atoms with Gasteiger partial charge in [0.2, 0.25) is 0 Å². The quantitative estimate of drug-likeness (QED) is 0.793. The zero-order chi connectivity index (χ0) is 9.52. The molecule has 80 valence electrons. The first-order valence-corrected chi connectivity index (χ1v) is 4.65. The van der Waals surface area contributed by atoms with Crippen molar-refractivity contribution in [2.75, 3.05) is 20.3 Å². The molecule has 0 aliphatic carbocycles. The highest BCUT2D eigenvalue weighted by Crippen LogP contribution is 2.08. The molecule has 1 N–H and O–H groups in total. The number of hydrogen-bond acceptors (Lipinski definition) is 2. The number of hydrogen-bond donors (Lipinski definition) is 1. The van der Waals surface area contributed by atoms with Gasteiger partial charge < -0.3 is 10.1 Å². The maximum absolute atomic E-state index is 5.76. The monoisotopic (exact) mass is 235 g/mol. The third-order valence-electron chi connectivity index (χ3n) is 1.73. The Bertz CT molecular complexity index is 238. The summed E-state index contributed by atoms with van der Waals surface area (Å²) in [5.74, 6) is 0. The molecule has 4 heteroatoms. The van der Waals surface area contributed by atoms with E-state index in [1.54, 1.807) is 7.11 Å². The molecule has 0 amide bonds.